The standard InChI is InChI=1S/C17H12N2O2/c20-17(16(19-21)13-7-2-1-3-8-13)15-11-10-12-6-4-5-9-14(12)18-15/h1-11,21H. The van der Waals surface area contributed by atoms with Gasteiger partial charge in [-0.2, -0.15) is 0 Å². The maximum atomic E-state index is 12.5. The highest BCUT2D eigenvalue weighted by Gasteiger charge is 2.18. The van der Waals surface area contributed by atoms with Crippen LogP contribution in [0.15, 0.2) is 71.9 Å². The molecule has 3 rings (SSSR count). The van der Waals surface area contributed by atoms with Crippen molar-refractivity contribution >= 4 is 22.4 Å². The fraction of sp³-hybridized carbons (Fsp3) is 0. The van der Waals surface area contributed by atoms with Crippen LogP contribution in [0.5, 0.6) is 0 Å². The molecule has 4 nitrogen and oxygen atoms in total. The Bertz CT molecular complexity index is 826. The lowest BCUT2D eigenvalue weighted by Gasteiger charge is -2.04. The summed E-state index contributed by atoms with van der Waals surface area (Å²) < 4.78 is 0. The average molecular weight is 276 g/mol. The lowest BCUT2D eigenvalue weighted by molar-refractivity contribution is 0.105. The monoisotopic (exact) mass is 276 g/mol. The molecule has 0 aliphatic heterocycles. The molecular formula is C17H12N2O2. The van der Waals surface area contributed by atoms with E-state index in [1.54, 1.807) is 30.3 Å². The summed E-state index contributed by atoms with van der Waals surface area (Å²) >= 11 is 0. The van der Waals surface area contributed by atoms with Crippen LogP contribution in [0.4, 0.5) is 0 Å². The zero-order chi connectivity index (χ0) is 14.7. The van der Waals surface area contributed by atoms with Crippen LogP contribution < -0.4 is 0 Å². The first-order chi connectivity index (χ1) is 10.3. The first kappa shape index (κ1) is 13.0. The van der Waals surface area contributed by atoms with Crippen LogP contribution >= 0.6 is 0 Å². The summed E-state index contributed by atoms with van der Waals surface area (Å²) in [4.78, 5) is 16.8. The summed E-state index contributed by atoms with van der Waals surface area (Å²) in [6.45, 7) is 0. The lowest BCUT2D eigenvalue weighted by atomic mass is 10.0. The molecule has 0 atom stereocenters. The van der Waals surface area contributed by atoms with Gasteiger partial charge < -0.3 is 5.21 Å². The fourth-order valence-corrected chi connectivity index (χ4v) is 2.14. The molecule has 0 saturated carbocycles. The highest BCUT2D eigenvalue weighted by molar-refractivity contribution is 6.51. The molecule has 0 aliphatic rings. The van der Waals surface area contributed by atoms with Crippen molar-refractivity contribution in [3.8, 4) is 0 Å². The van der Waals surface area contributed by atoms with E-state index < -0.39 is 5.78 Å². The van der Waals surface area contributed by atoms with Crippen molar-refractivity contribution in [3.05, 3.63) is 78.0 Å². The Balaban J connectivity index is 2.03. The van der Waals surface area contributed by atoms with E-state index in [1.165, 1.54) is 0 Å². The van der Waals surface area contributed by atoms with Crippen LogP contribution in [0, 0.1) is 0 Å². The Morgan fingerprint density at radius 3 is 2.38 bits per heavy atom. The summed E-state index contributed by atoms with van der Waals surface area (Å²) in [6.07, 6.45) is 0. The van der Waals surface area contributed by atoms with Crippen LogP contribution in [0.1, 0.15) is 16.1 Å². The summed E-state index contributed by atoms with van der Waals surface area (Å²) in [7, 11) is 0. The number of hydrogen-bond acceptors (Lipinski definition) is 4. The van der Waals surface area contributed by atoms with E-state index in [0.29, 0.717) is 5.56 Å². The first-order valence-corrected chi connectivity index (χ1v) is 6.47. The molecule has 4 heteroatoms. The third-order valence-electron chi connectivity index (χ3n) is 3.19. The smallest absolute Gasteiger partial charge is 0.233 e. The molecule has 21 heavy (non-hydrogen) atoms. The van der Waals surface area contributed by atoms with Gasteiger partial charge in [0.15, 0.2) is 5.71 Å². The number of para-hydroxylation sites is 1. The van der Waals surface area contributed by atoms with Crippen LogP contribution in [0.2, 0.25) is 0 Å². The number of oxime groups is 1. The van der Waals surface area contributed by atoms with E-state index in [2.05, 4.69) is 10.1 Å². The van der Waals surface area contributed by atoms with Crippen molar-refractivity contribution in [3.63, 3.8) is 0 Å². The van der Waals surface area contributed by atoms with Gasteiger partial charge in [-0.25, -0.2) is 4.98 Å². The van der Waals surface area contributed by atoms with E-state index in [1.807, 2.05) is 36.4 Å². The van der Waals surface area contributed by atoms with Crippen LogP contribution in [0.3, 0.4) is 0 Å². The second-order valence-corrected chi connectivity index (χ2v) is 4.53. The normalized spacial score (nSPS) is 11.5. The second-order valence-electron chi connectivity index (χ2n) is 4.53. The molecule has 0 radical (unpaired) electrons. The lowest BCUT2D eigenvalue weighted by Crippen LogP contribution is -2.17. The van der Waals surface area contributed by atoms with E-state index in [0.717, 1.165) is 10.9 Å². The Kier molecular flexibility index (Phi) is 3.43. The predicted octanol–water partition coefficient (Wildman–Crippen LogP) is 3.30. The van der Waals surface area contributed by atoms with Gasteiger partial charge in [-0.15, -0.1) is 0 Å². The molecule has 2 aromatic carbocycles. The van der Waals surface area contributed by atoms with Gasteiger partial charge in [-0.05, 0) is 12.1 Å². The molecule has 0 spiro atoms. The number of aromatic nitrogens is 1. The van der Waals surface area contributed by atoms with Gasteiger partial charge in [-0.3, -0.25) is 4.79 Å². The number of ketones is 1. The minimum atomic E-state index is -0.408. The third kappa shape index (κ3) is 2.51. The molecule has 0 bridgehead atoms. The molecule has 0 aliphatic carbocycles. The largest absolute Gasteiger partial charge is 0.410 e. The van der Waals surface area contributed by atoms with E-state index in [-0.39, 0.29) is 11.4 Å². The van der Waals surface area contributed by atoms with Gasteiger partial charge in [0.1, 0.15) is 5.69 Å². The van der Waals surface area contributed by atoms with Gasteiger partial charge in [0, 0.05) is 10.9 Å². The Morgan fingerprint density at radius 1 is 0.905 bits per heavy atom. The number of Topliss-reactive ketones (excluding diaryl/α,β-unsaturated/α-hetero) is 1. The van der Waals surface area contributed by atoms with Crippen LogP contribution in [-0.2, 0) is 0 Å². The third-order valence-corrected chi connectivity index (χ3v) is 3.19. The number of benzene rings is 2. The molecule has 0 fully saturated rings. The molecule has 0 unspecified atom stereocenters. The van der Waals surface area contributed by atoms with Crippen LogP contribution in [-0.4, -0.2) is 21.7 Å². The second kappa shape index (κ2) is 5.54. The summed E-state index contributed by atoms with van der Waals surface area (Å²) in [5.41, 5.74) is 1.53. The van der Waals surface area contributed by atoms with Crippen molar-refractivity contribution < 1.29 is 10.0 Å². The van der Waals surface area contributed by atoms with Gasteiger partial charge in [0.25, 0.3) is 0 Å². The Labute approximate surface area is 121 Å². The molecule has 0 saturated heterocycles. The molecule has 1 aromatic heterocycles. The number of fused-ring (bicyclic) bond motifs is 1. The predicted molar refractivity (Wildman–Crippen MR) is 80.8 cm³/mol. The Hall–Kier alpha value is -3.01. The quantitative estimate of drug-likeness (QED) is 0.345. The maximum Gasteiger partial charge on any atom is 0.233 e. The average Bonchev–Trinajstić information content (AvgIpc) is 2.56. The highest BCUT2D eigenvalue weighted by Crippen LogP contribution is 2.14. The molecule has 3 aromatic rings. The Morgan fingerprint density at radius 2 is 1.62 bits per heavy atom. The van der Waals surface area contributed by atoms with Crippen molar-refractivity contribution in [2.24, 2.45) is 5.16 Å². The van der Waals surface area contributed by atoms with Gasteiger partial charge in [0.05, 0.1) is 5.52 Å². The SMILES string of the molecule is O=C(C(=NO)c1ccccc1)c1ccc2ccccc2n1. The summed E-state index contributed by atoms with van der Waals surface area (Å²) in [5, 5.41) is 13.3. The van der Waals surface area contributed by atoms with Crippen molar-refractivity contribution in [1.29, 1.82) is 0 Å². The first-order valence-electron chi connectivity index (χ1n) is 6.47. The molecule has 1 N–H and O–H groups in total. The number of carbonyl (C=O) groups is 1. The maximum absolute atomic E-state index is 12.5. The fourth-order valence-electron chi connectivity index (χ4n) is 2.14. The van der Waals surface area contributed by atoms with Gasteiger partial charge in [0.2, 0.25) is 5.78 Å². The van der Waals surface area contributed by atoms with E-state index in [4.69, 9.17) is 5.21 Å². The minimum absolute atomic E-state index is 0.0154. The zero-order valence-corrected chi connectivity index (χ0v) is 11.1. The van der Waals surface area contributed by atoms with E-state index in [9.17, 15) is 4.79 Å². The van der Waals surface area contributed by atoms with Crippen molar-refractivity contribution in [2.75, 3.05) is 0 Å². The highest BCUT2D eigenvalue weighted by atomic mass is 16.4. The number of pyridine rings is 1. The summed E-state index contributed by atoms with van der Waals surface area (Å²) in [5.74, 6) is -0.408. The molecule has 102 valence electrons. The van der Waals surface area contributed by atoms with Crippen LogP contribution in [0.25, 0.3) is 10.9 Å². The number of nitrogens with zero attached hydrogens (tertiary/aromatic N) is 2. The van der Waals surface area contributed by atoms with Crippen molar-refractivity contribution in [1.82, 2.24) is 4.98 Å². The number of carbonyl (C=O) groups excluding carboxylic acids is 1. The molecular weight excluding hydrogens is 264 g/mol. The van der Waals surface area contributed by atoms with Gasteiger partial charge in [-0.1, -0.05) is 59.8 Å². The zero-order valence-electron chi connectivity index (χ0n) is 11.1. The number of hydrogen-bond donors (Lipinski definition) is 1. The summed E-state index contributed by atoms with van der Waals surface area (Å²) in [6, 6.07) is 19.8. The molecule has 0 amide bonds. The topological polar surface area (TPSA) is 62.5 Å². The van der Waals surface area contributed by atoms with Gasteiger partial charge >= 0.3 is 0 Å². The minimum Gasteiger partial charge on any atom is -0.410 e. The molecule has 1 heterocycles. The van der Waals surface area contributed by atoms with E-state index >= 15 is 0 Å². The number of rotatable bonds is 3. The van der Waals surface area contributed by atoms with Crippen molar-refractivity contribution in [2.45, 2.75) is 0 Å².